The van der Waals surface area contributed by atoms with Crippen molar-refractivity contribution >= 4 is 0 Å². The van der Waals surface area contributed by atoms with Crippen LogP contribution in [0.3, 0.4) is 0 Å². The van der Waals surface area contributed by atoms with Crippen LogP contribution >= 0.6 is 0 Å². The molecule has 4 nitrogen and oxygen atoms in total. The fraction of sp³-hybridized carbons (Fsp3) is 0.333. The van der Waals surface area contributed by atoms with Crippen molar-refractivity contribution < 1.29 is 0 Å². The van der Waals surface area contributed by atoms with Crippen LogP contribution in [0, 0.1) is 6.92 Å². The lowest BCUT2D eigenvalue weighted by atomic mass is 9.74. The first-order chi connectivity index (χ1) is 9.28. The number of hydrazine groups is 1. The van der Waals surface area contributed by atoms with Gasteiger partial charge in [0.25, 0.3) is 0 Å². The van der Waals surface area contributed by atoms with Gasteiger partial charge in [0.2, 0.25) is 0 Å². The molecule has 98 valence electrons. The molecule has 2 unspecified atom stereocenters. The number of nitrogens with one attached hydrogen (secondary N) is 1. The second-order valence-electron chi connectivity index (χ2n) is 5.17. The summed E-state index contributed by atoms with van der Waals surface area (Å²) >= 11 is 0. The predicted molar refractivity (Wildman–Crippen MR) is 74.3 cm³/mol. The van der Waals surface area contributed by atoms with Crippen LogP contribution in [0.25, 0.3) is 0 Å². The van der Waals surface area contributed by atoms with Gasteiger partial charge in [-0.1, -0.05) is 24.3 Å². The summed E-state index contributed by atoms with van der Waals surface area (Å²) in [6, 6.07) is 8.60. The van der Waals surface area contributed by atoms with Crippen molar-refractivity contribution in [2.24, 2.45) is 5.84 Å². The average molecular weight is 254 g/mol. The van der Waals surface area contributed by atoms with E-state index in [1.807, 2.05) is 19.3 Å². The first-order valence-electron chi connectivity index (χ1n) is 6.60. The lowest BCUT2D eigenvalue weighted by Crippen LogP contribution is -2.32. The molecule has 3 N–H and O–H groups in total. The normalized spacial score (nSPS) is 18.5. The monoisotopic (exact) mass is 254 g/mol. The number of aromatic nitrogens is 2. The summed E-state index contributed by atoms with van der Waals surface area (Å²) in [5, 5.41) is 0. The van der Waals surface area contributed by atoms with Gasteiger partial charge in [-0.15, -0.1) is 0 Å². The van der Waals surface area contributed by atoms with E-state index in [1.165, 1.54) is 11.1 Å². The van der Waals surface area contributed by atoms with E-state index in [1.54, 1.807) is 0 Å². The summed E-state index contributed by atoms with van der Waals surface area (Å²) in [5.41, 5.74) is 6.80. The topological polar surface area (TPSA) is 63.8 Å². The number of benzene rings is 1. The second kappa shape index (κ2) is 5.07. The molecule has 0 saturated carbocycles. The summed E-state index contributed by atoms with van der Waals surface area (Å²) in [5.74, 6) is 6.99. The summed E-state index contributed by atoms with van der Waals surface area (Å²) in [6.07, 6.45) is 5.74. The smallest absolute Gasteiger partial charge is 0.146 e. The zero-order chi connectivity index (χ0) is 13.2. The van der Waals surface area contributed by atoms with Gasteiger partial charge in [0.15, 0.2) is 0 Å². The van der Waals surface area contributed by atoms with Crippen LogP contribution in [0.1, 0.15) is 40.9 Å². The molecule has 0 amide bonds. The van der Waals surface area contributed by atoms with E-state index < -0.39 is 0 Å². The van der Waals surface area contributed by atoms with E-state index in [0.717, 1.165) is 24.2 Å². The maximum Gasteiger partial charge on any atom is 0.146 e. The number of fused-ring (bicyclic) bond motifs is 1. The van der Waals surface area contributed by atoms with Crippen molar-refractivity contribution in [3.63, 3.8) is 0 Å². The van der Waals surface area contributed by atoms with Gasteiger partial charge in [0.1, 0.15) is 5.82 Å². The minimum Gasteiger partial charge on any atom is -0.271 e. The van der Waals surface area contributed by atoms with Gasteiger partial charge in [-0.2, -0.15) is 0 Å². The van der Waals surface area contributed by atoms with Crippen molar-refractivity contribution in [1.29, 1.82) is 0 Å². The molecule has 1 aliphatic rings. The Hall–Kier alpha value is -1.78. The van der Waals surface area contributed by atoms with Gasteiger partial charge in [0.05, 0.1) is 6.04 Å². The van der Waals surface area contributed by atoms with Crippen LogP contribution in [0.4, 0.5) is 0 Å². The third-order valence-electron chi connectivity index (χ3n) is 3.80. The van der Waals surface area contributed by atoms with Crippen molar-refractivity contribution in [2.45, 2.75) is 31.7 Å². The molecule has 0 aliphatic heterocycles. The van der Waals surface area contributed by atoms with Crippen LogP contribution in [-0.4, -0.2) is 9.97 Å². The van der Waals surface area contributed by atoms with E-state index in [2.05, 4.69) is 39.7 Å². The number of hydrogen-bond donors (Lipinski definition) is 2. The van der Waals surface area contributed by atoms with Crippen LogP contribution in [0.15, 0.2) is 36.7 Å². The van der Waals surface area contributed by atoms with Gasteiger partial charge in [-0.25, -0.2) is 15.4 Å². The molecule has 0 bridgehead atoms. The van der Waals surface area contributed by atoms with Crippen molar-refractivity contribution in [1.82, 2.24) is 15.4 Å². The van der Waals surface area contributed by atoms with Gasteiger partial charge < -0.3 is 0 Å². The minimum absolute atomic E-state index is 0.0129. The fourth-order valence-corrected chi connectivity index (χ4v) is 2.69. The molecule has 0 spiro atoms. The Morgan fingerprint density at radius 2 is 2.05 bits per heavy atom. The molecule has 1 heterocycles. The molecule has 3 rings (SSSR count). The summed E-state index contributed by atoms with van der Waals surface area (Å²) < 4.78 is 0. The van der Waals surface area contributed by atoms with Gasteiger partial charge in [0, 0.05) is 12.4 Å². The Morgan fingerprint density at radius 3 is 2.74 bits per heavy atom. The third kappa shape index (κ3) is 2.37. The number of aryl methyl sites for hydroxylation is 1. The van der Waals surface area contributed by atoms with Gasteiger partial charge >= 0.3 is 0 Å². The maximum atomic E-state index is 5.66. The van der Waals surface area contributed by atoms with E-state index in [-0.39, 0.29) is 6.04 Å². The Labute approximate surface area is 113 Å². The quantitative estimate of drug-likeness (QED) is 0.647. The Bertz CT molecular complexity index is 565. The zero-order valence-electron chi connectivity index (χ0n) is 11.0. The van der Waals surface area contributed by atoms with E-state index in [9.17, 15) is 0 Å². The molecule has 1 aromatic carbocycles. The minimum atomic E-state index is 0.0129. The molecular formula is C15H18N4. The number of hydrogen-bond acceptors (Lipinski definition) is 4. The van der Waals surface area contributed by atoms with E-state index >= 15 is 0 Å². The maximum absolute atomic E-state index is 5.66. The predicted octanol–water partition coefficient (Wildman–Crippen LogP) is 2.02. The van der Waals surface area contributed by atoms with Crippen molar-refractivity contribution in [3.05, 3.63) is 59.2 Å². The highest BCUT2D eigenvalue weighted by atomic mass is 15.2. The molecular weight excluding hydrogens is 236 g/mol. The standard InChI is InChI=1S/C15H18N4/c1-10-8-17-15(18-9-10)14(19-16)7-12-6-11-4-2-3-5-13(11)12/h2-5,8-9,12,14,19H,6-7,16H2,1H3. The van der Waals surface area contributed by atoms with Crippen molar-refractivity contribution in [2.75, 3.05) is 0 Å². The van der Waals surface area contributed by atoms with E-state index in [0.29, 0.717) is 5.92 Å². The Balaban J connectivity index is 1.73. The number of nitrogens with two attached hydrogens (primary N) is 1. The van der Waals surface area contributed by atoms with Gasteiger partial charge in [-0.05, 0) is 42.4 Å². The van der Waals surface area contributed by atoms with Crippen LogP contribution < -0.4 is 11.3 Å². The average Bonchev–Trinajstić information content (AvgIpc) is 2.42. The van der Waals surface area contributed by atoms with Crippen LogP contribution in [-0.2, 0) is 6.42 Å². The third-order valence-corrected chi connectivity index (χ3v) is 3.80. The lowest BCUT2D eigenvalue weighted by molar-refractivity contribution is 0.420. The zero-order valence-corrected chi connectivity index (χ0v) is 11.0. The molecule has 19 heavy (non-hydrogen) atoms. The van der Waals surface area contributed by atoms with Crippen molar-refractivity contribution in [3.8, 4) is 0 Å². The van der Waals surface area contributed by atoms with Crippen LogP contribution in [0.5, 0.6) is 0 Å². The summed E-state index contributed by atoms with van der Waals surface area (Å²) in [6.45, 7) is 1.98. The largest absolute Gasteiger partial charge is 0.271 e. The molecule has 2 aromatic rings. The van der Waals surface area contributed by atoms with E-state index in [4.69, 9.17) is 5.84 Å². The SMILES string of the molecule is Cc1cnc(C(CC2Cc3ccccc32)NN)nc1. The fourth-order valence-electron chi connectivity index (χ4n) is 2.69. The van der Waals surface area contributed by atoms with Gasteiger partial charge in [-0.3, -0.25) is 5.84 Å². The highest BCUT2D eigenvalue weighted by Gasteiger charge is 2.29. The first kappa shape index (κ1) is 12.3. The van der Waals surface area contributed by atoms with Crippen LogP contribution in [0.2, 0.25) is 0 Å². The molecule has 4 heteroatoms. The Morgan fingerprint density at radius 1 is 1.32 bits per heavy atom. The highest BCUT2D eigenvalue weighted by molar-refractivity contribution is 5.40. The molecule has 1 aromatic heterocycles. The first-order valence-corrected chi connectivity index (χ1v) is 6.60. The number of rotatable bonds is 4. The summed E-state index contributed by atoms with van der Waals surface area (Å²) in [7, 11) is 0. The Kier molecular flexibility index (Phi) is 3.27. The summed E-state index contributed by atoms with van der Waals surface area (Å²) in [4.78, 5) is 8.73. The highest BCUT2D eigenvalue weighted by Crippen LogP contribution is 2.39. The number of nitrogens with zero attached hydrogens (tertiary/aromatic N) is 2. The molecule has 1 aliphatic carbocycles. The second-order valence-corrected chi connectivity index (χ2v) is 5.17. The molecule has 0 fully saturated rings. The molecule has 0 saturated heterocycles. The lowest BCUT2D eigenvalue weighted by Gasteiger charge is -2.32. The molecule has 2 atom stereocenters. The molecule has 0 radical (unpaired) electrons.